The van der Waals surface area contributed by atoms with E-state index < -0.39 is 17.7 Å². The topological polar surface area (TPSA) is 77.8 Å². The standard InChI is InChI=1S/C15H16ClNO4/c1-9(19)12-13(10-3-5-11(16)6-4-10)17(7-2-8-18)15(21)14(12)20/h3-6,13,18,20H,2,7-8H2,1H3. The van der Waals surface area contributed by atoms with Gasteiger partial charge in [-0.1, -0.05) is 23.7 Å². The average molecular weight is 310 g/mol. The summed E-state index contributed by atoms with van der Waals surface area (Å²) in [7, 11) is 0. The summed E-state index contributed by atoms with van der Waals surface area (Å²) in [6, 6.07) is 6.12. The second-order valence-corrected chi connectivity index (χ2v) is 5.28. The van der Waals surface area contributed by atoms with Crippen LogP contribution in [-0.2, 0) is 9.59 Å². The Balaban J connectivity index is 2.46. The van der Waals surface area contributed by atoms with Crippen molar-refractivity contribution in [2.24, 2.45) is 0 Å². The van der Waals surface area contributed by atoms with Gasteiger partial charge in [0.05, 0.1) is 11.6 Å². The summed E-state index contributed by atoms with van der Waals surface area (Å²) in [6.45, 7) is 1.49. The SMILES string of the molecule is CC(=O)C1=C(O)C(=O)N(CCCO)C1c1ccc(Cl)cc1. The average Bonchev–Trinajstić information content (AvgIpc) is 2.70. The molecular formula is C15H16ClNO4. The van der Waals surface area contributed by atoms with Gasteiger partial charge in [0.15, 0.2) is 11.5 Å². The van der Waals surface area contributed by atoms with Crippen LogP contribution >= 0.6 is 11.6 Å². The first-order chi connectivity index (χ1) is 9.97. The zero-order chi connectivity index (χ0) is 15.6. The molecule has 0 bridgehead atoms. The summed E-state index contributed by atoms with van der Waals surface area (Å²) in [5.74, 6) is -1.46. The van der Waals surface area contributed by atoms with E-state index in [2.05, 4.69) is 0 Å². The summed E-state index contributed by atoms with van der Waals surface area (Å²) in [4.78, 5) is 25.3. The second-order valence-electron chi connectivity index (χ2n) is 4.85. The molecule has 1 aromatic carbocycles. The van der Waals surface area contributed by atoms with Crippen LogP contribution in [0, 0.1) is 0 Å². The lowest BCUT2D eigenvalue weighted by Crippen LogP contribution is -2.32. The number of nitrogens with zero attached hydrogens (tertiary/aromatic N) is 1. The maximum absolute atomic E-state index is 12.1. The first-order valence-corrected chi connectivity index (χ1v) is 6.96. The molecule has 1 unspecified atom stereocenters. The molecule has 0 radical (unpaired) electrons. The maximum atomic E-state index is 12.1. The number of aliphatic hydroxyl groups excluding tert-OH is 2. The fourth-order valence-electron chi connectivity index (χ4n) is 2.48. The summed E-state index contributed by atoms with van der Waals surface area (Å²) < 4.78 is 0. The first-order valence-electron chi connectivity index (χ1n) is 6.58. The molecule has 0 saturated heterocycles. The van der Waals surface area contributed by atoms with Crippen LogP contribution in [0.4, 0.5) is 0 Å². The highest BCUT2D eigenvalue weighted by atomic mass is 35.5. The molecule has 0 saturated carbocycles. The van der Waals surface area contributed by atoms with Crippen LogP contribution < -0.4 is 0 Å². The van der Waals surface area contributed by atoms with Gasteiger partial charge < -0.3 is 15.1 Å². The minimum absolute atomic E-state index is 0.0761. The molecule has 5 nitrogen and oxygen atoms in total. The number of rotatable bonds is 5. The van der Waals surface area contributed by atoms with E-state index in [4.69, 9.17) is 16.7 Å². The van der Waals surface area contributed by atoms with Crippen molar-refractivity contribution < 1.29 is 19.8 Å². The van der Waals surface area contributed by atoms with Crippen LogP contribution in [0.25, 0.3) is 0 Å². The molecule has 6 heteroatoms. The Morgan fingerprint density at radius 3 is 2.48 bits per heavy atom. The fraction of sp³-hybridized carbons (Fsp3) is 0.333. The van der Waals surface area contributed by atoms with Gasteiger partial charge in [-0.05, 0) is 31.0 Å². The number of hydrogen-bond donors (Lipinski definition) is 2. The normalized spacial score (nSPS) is 18.5. The Hall–Kier alpha value is -1.85. The van der Waals surface area contributed by atoms with Crippen molar-refractivity contribution in [3.63, 3.8) is 0 Å². The number of Topliss-reactive ketones (excluding diaryl/α,β-unsaturated/α-hetero) is 1. The summed E-state index contributed by atoms with van der Waals surface area (Å²) in [5.41, 5.74) is 0.778. The lowest BCUT2D eigenvalue weighted by molar-refractivity contribution is -0.129. The predicted molar refractivity (Wildman–Crippen MR) is 77.9 cm³/mol. The van der Waals surface area contributed by atoms with Crippen molar-refractivity contribution in [1.82, 2.24) is 4.90 Å². The van der Waals surface area contributed by atoms with E-state index in [9.17, 15) is 14.7 Å². The minimum atomic E-state index is -0.640. The molecule has 1 heterocycles. The Bertz CT molecular complexity index is 594. The van der Waals surface area contributed by atoms with E-state index in [-0.39, 0.29) is 24.5 Å². The molecule has 1 aliphatic rings. The van der Waals surface area contributed by atoms with Crippen molar-refractivity contribution in [3.8, 4) is 0 Å². The van der Waals surface area contributed by atoms with E-state index in [1.54, 1.807) is 24.3 Å². The van der Waals surface area contributed by atoms with E-state index >= 15 is 0 Å². The number of hydrogen-bond acceptors (Lipinski definition) is 4. The number of carbonyl (C=O) groups is 2. The largest absolute Gasteiger partial charge is 0.503 e. The van der Waals surface area contributed by atoms with Gasteiger partial charge >= 0.3 is 0 Å². The van der Waals surface area contributed by atoms with Crippen molar-refractivity contribution in [1.29, 1.82) is 0 Å². The van der Waals surface area contributed by atoms with Gasteiger partial charge in [0.1, 0.15) is 0 Å². The van der Waals surface area contributed by atoms with Gasteiger partial charge in [-0.15, -0.1) is 0 Å². The third-order valence-corrected chi connectivity index (χ3v) is 3.68. The minimum Gasteiger partial charge on any atom is -0.503 e. The molecular weight excluding hydrogens is 294 g/mol. The van der Waals surface area contributed by atoms with Gasteiger partial charge in [0, 0.05) is 18.2 Å². The third kappa shape index (κ3) is 2.94. The van der Waals surface area contributed by atoms with Crippen molar-refractivity contribution >= 4 is 23.3 Å². The van der Waals surface area contributed by atoms with E-state index in [1.165, 1.54) is 11.8 Å². The molecule has 1 aliphatic heterocycles. The van der Waals surface area contributed by atoms with Crippen LogP contribution in [0.5, 0.6) is 0 Å². The van der Waals surface area contributed by atoms with Gasteiger partial charge in [-0.3, -0.25) is 9.59 Å². The molecule has 0 aliphatic carbocycles. The maximum Gasteiger partial charge on any atom is 0.290 e. The van der Waals surface area contributed by atoms with Crippen LogP contribution in [0.1, 0.15) is 24.9 Å². The summed E-state index contributed by atoms with van der Waals surface area (Å²) in [6.07, 6.45) is 0.369. The smallest absolute Gasteiger partial charge is 0.290 e. The Morgan fingerprint density at radius 1 is 1.33 bits per heavy atom. The highest BCUT2D eigenvalue weighted by molar-refractivity contribution is 6.30. The number of amides is 1. The number of aliphatic hydroxyl groups is 2. The second kappa shape index (κ2) is 6.28. The lowest BCUT2D eigenvalue weighted by Gasteiger charge is -2.26. The van der Waals surface area contributed by atoms with Crippen LogP contribution in [0.3, 0.4) is 0 Å². The summed E-state index contributed by atoms with van der Waals surface area (Å²) in [5, 5.41) is 19.5. The molecule has 21 heavy (non-hydrogen) atoms. The van der Waals surface area contributed by atoms with E-state index in [0.717, 1.165) is 0 Å². The van der Waals surface area contributed by atoms with Gasteiger partial charge in [0.2, 0.25) is 0 Å². The predicted octanol–water partition coefficient (Wildman–Crippen LogP) is 2.01. The van der Waals surface area contributed by atoms with E-state index in [0.29, 0.717) is 17.0 Å². The molecule has 1 amide bonds. The highest BCUT2D eigenvalue weighted by Gasteiger charge is 2.41. The van der Waals surface area contributed by atoms with E-state index in [1.807, 2.05) is 0 Å². The molecule has 0 spiro atoms. The quantitative estimate of drug-likeness (QED) is 0.872. The molecule has 1 aromatic rings. The molecule has 112 valence electrons. The Labute approximate surface area is 127 Å². The molecule has 0 fully saturated rings. The molecule has 2 N–H and O–H groups in total. The number of ketones is 1. The van der Waals surface area contributed by atoms with Crippen LogP contribution in [0.2, 0.25) is 5.02 Å². The van der Waals surface area contributed by atoms with Gasteiger partial charge in [-0.25, -0.2) is 0 Å². The van der Waals surface area contributed by atoms with Crippen molar-refractivity contribution in [2.45, 2.75) is 19.4 Å². The van der Waals surface area contributed by atoms with Crippen LogP contribution in [0.15, 0.2) is 35.6 Å². The molecule has 2 rings (SSSR count). The van der Waals surface area contributed by atoms with Crippen LogP contribution in [-0.4, -0.2) is 40.0 Å². The van der Waals surface area contributed by atoms with Crippen molar-refractivity contribution in [3.05, 3.63) is 46.2 Å². The molecule has 1 atom stereocenters. The highest BCUT2D eigenvalue weighted by Crippen LogP contribution is 2.37. The lowest BCUT2D eigenvalue weighted by atomic mass is 9.97. The molecule has 0 aromatic heterocycles. The zero-order valence-corrected chi connectivity index (χ0v) is 12.3. The first kappa shape index (κ1) is 15.5. The number of benzene rings is 1. The van der Waals surface area contributed by atoms with Gasteiger partial charge in [-0.2, -0.15) is 0 Å². The third-order valence-electron chi connectivity index (χ3n) is 3.43. The van der Waals surface area contributed by atoms with Gasteiger partial charge in [0.25, 0.3) is 5.91 Å². The Kier molecular flexibility index (Phi) is 4.65. The monoisotopic (exact) mass is 309 g/mol. The Morgan fingerprint density at radius 2 is 1.95 bits per heavy atom. The number of carbonyl (C=O) groups excluding carboxylic acids is 2. The summed E-state index contributed by atoms with van der Waals surface area (Å²) >= 11 is 5.85. The van der Waals surface area contributed by atoms with Crippen molar-refractivity contribution in [2.75, 3.05) is 13.2 Å². The fourth-order valence-corrected chi connectivity index (χ4v) is 2.60. The number of halogens is 1. The zero-order valence-electron chi connectivity index (χ0n) is 11.5.